The number of hydrogen-bond acceptors (Lipinski definition) is 5. The molecule has 0 amide bonds. The van der Waals surface area contributed by atoms with Gasteiger partial charge >= 0.3 is 0 Å². The van der Waals surface area contributed by atoms with Crippen molar-refractivity contribution in [3.05, 3.63) is 47.8 Å². The van der Waals surface area contributed by atoms with Crippen molar-refractivity contribution >= 4 is 0 Å². The Balaban J connectivity index is 2.13. The fourth-order valence-corrected chi connectivity index (χ4v) is 2.25. The van der Waals surface area contributed by atoms with Crippen molar-refractivity contribution in [2.24, 2.45) is 0 Å². The van der Waals surface area contributed by atoms with Crippen molar-refractivity contribution in [2.75, 3.05) is 21.3 Å². The molecule has 0 unspecified atom stereocenters. The fourth-order valence-electron chi connectivity index (χ4n) is 2.25. The lowest BCUT2D eigenvalue weighted by Gasteiger charge is -2.16. The topological polar surface area (TPSA) is 52.6 Å². The molecule has 5 nitrogen and oxygen atoms in total. The molecule has 0 spiro atoms. The molecule has 1 atom stereocenters. The van der Waals surface area contributed by atoms with Crippen molar-refractivity contribution in [1.82, 2.24) is 10.3 Å². The quantitative estimate of drug-likeness (QED) is 0.852. The Morgan fingerprint density at radius 1 is 1.05 bits per heavy atom. The second-order valence-corrected chi connectivity index (χ2v) is 4.89. The Morgan fingerprint density at radius 2 is 1.73 bits per heavy atom. The highest BCUT2D eigenvalue weighted by molar-refractivity contribution is 5.53. The molecule has 1 aromatic heterocycles. The summed E-state index contributed by atoms with van der Waals surface area (Å²) in [6.07, 6.45) is 1.80. The highest BCUT2D eigenvalue weighted by Gasteiger charge is 2.14. The first-order valence-electron chi connectivity index (χ1n) is 7.12. The molecule has 0 fully saturated rings. The molecule has 0 aliphatic heterocycles. The van der Waals surface area contributed by atoms with Crippen LogP contribution in [-0.2, 0) is 6.54 Å². The van der Waals surface area contributed by atoms with E-state index in [-0.39, 0.29) is 6.04 Å². The summed E-state index contributed by atoms with van der Waals surface area (Å²) in [6.45, 7) is 2.76. The van der Waals surface area contributed by atoms with Crippen LogP contribution in [0.15, 0.2) is 36.5 Å². The highest BCUT2D eigenvalue weighted by atomic mass is 16.5. The third-order valence-electron chi connectivity index (χ3n) is 3.47. The van der Waals surface area contributed by atoms with E-state index in [1.54, 1.807) is 27.5 Å². The first-order valence-corrected chi connectivity index (χ1v) is 7.12. The number of nitrogens with zero attached hydrogens (tertiary/aromatic N) is 1. The average Bonchev–Trinajstić information content (AvgIpc) is 2.59. The van der Waals surface area contributed by atoms with E-state index in [9.17, 15) is 0 Å². The Bertz CT molecular complexity index is 577. The summed E-state index contributed by atoms with van der Waals surface area (Å²) < 4.78 is 16.1. The Hall–Kier alpha value is -2.27. The van der Waals surface area contributed by atoms with Gasteiger partial charge < -0.3 is 19.5 Å². The van der Waals surface area contributed by atoms with Crippen LogP contribution in [0.4, 0.5) is 0 Å². The van der Waals surface area contributed by atoms with Gasteiger partial charge in [0, 0.05) is 18.8 Å². The second-order valence-electron chi connectivity index (χ2n) is 4.89. The lowest BCUT2D eigenvalue weighted by atomic mass is 10.1. The minimum atomic E-state index is 0.153. The van der Waals surface area contributed by atoms with E-state index in [1.807, 2.05) is 30.3 Å². The molecule has 2 aromatic rings. The van der Waals surface area contributed by atoms with Crippen LogP contribution in [0.25, 0.3) is 0 Å². The summed E-state index contributed by atoms with van der Waals surface area (Å²) in [5, 5.41) is 3.44. The number of rotatable bonds is 7. The van der Waals surface area contributed by atoms with E-state index in [0.717, 1.165) is 11.3 Å². The number of nitrogens with one attached hydrogen (secondary N) is 1. The lowest BCUT2D eigenvalue weighted by molar-refractivity contribution is 0.323. The van der Waals surface area contributed by atoms with Gasteiger partial charge in [0.05, 0.1) is 27.0 Å². The van der Waals surface area contributed by atoms with E-state index in [0.29, 0.717) is 23.8 Å². The molecular formula is C17H22N2O3. The molecule has 118 valence electrons. The van der Waals surface area contributed by atoms with E-state index < -0.39 is 0 Å². The molecule has 1 aromatic carbocycles. The number of hydrogen-bond donors (Lipinski definition) is 1. The van der Waals surface area contributed by atoms with Gasteiger partial charge in [-0.15, -0.1) is 0 Å². The maximum atomic E-state index is 5.37. The molecule has 1 heterocycles. The van der Waals surface area contributed by atoms with Gasteiger partial charge in [0.25, 0.3) is 0 Å². The van der Waals surface area contributed by atoms with Gasteiger partial charge in [0.15, 0.2) is 11.5 Å². The lowest BCUT2D eigenvalue weighted by Crippen LogP contribution is -2.19. The number of pyridine rings is 1. The Kier molecular flexibility index (Phi) is 5.61. The summed E-state index contributed by atoms with van der Waals surface area (Å²) in [7, 11) is 4.83. The first kappa shape index (κ1) is 16.1. The molecule has 0 aliphatic rings. The zero-order valence-corrected chi connectivity index (χ0v) is 13.4. The van der Waals surface area contributed by atoms with Gasteiger partial charge in [-0.25, -0.2) is 0 Å². The third kappa shape index (κ3) is 3.68. The summed E-state index contributed by atoms with van der Waals surface area (Å²) in [4.78, 5) is 4.35. The van der Waals surface area contributed by atoms with E-state index >= 15 is 0 Å². The van der Waals surface area contributed by atoms with Crippen LogP contribution in [-0.4, -0.2) is 26.3 Å². The van der Waals surface area contributed by atoms with Gasteiger partial charge in [0.2, 0.25) is 5.75 Å². The van der Waals surface area contributed by atoms with Crippen LogP contribution in [0.1, 0.15) is 24.2 Å². The monoisotopic (exact) mass is 302 g/mol. The molecule has 0 bridgehead atoms. The molecule has 2 rings (SSSR count). The minimum absolute atomic E-state index is 0.153. The molecule has 0 saturated heterocycles. The molecule has 0 aliphatic carbocycles. The van der Waals surface area contributed by atoms with Crippen molar-refractivity contribution in [3.63, 3.8) is 0 Å². The zero-order valence-electron chi connectivity index (χ0n) is 13.4. The molecule has 22 heavy (non-hydrogen) atoms. The van der Waals surface area contributed by atoms with Gasteiger partial charge in [-0.1, -0.05) is 6.07 Å². The summed E-state index contributed by atoms with van der Waals surface area (Å²) in [5.74, 6) is 1.92. The second kappa shape index (κ2) is 7.66. The largest absolute Gasteiger partial charge is 0.493 e. The standard InChI is InChI=1S/C17H22N2O3/c1-12(14-7-5-6-8-18-14)19-11-13-9-15(20-2)17(22-4)16(10-13)21-3/h5-10,12,19H,11H2,1-4H3/t12-/m1/s1. The zero-order chi connectivity index (χ0) is 15.9. The Morgan fingerprint density at radius 3 is 2.23 bits per heavy atom. The SMILES string of the molecule is COc1cc(CN[C@H](C)c2ccccn2)cc(OC)c1OC. The fraction of sp³-hybridized carbons (Fsp3) is 0.353. The number of benzene rings is 1. The van der Waals surface area contributed by atoms with Crippen LogP contribution in [0.5, 0.6) is 17.2 Å². The Labute approximate surface area is 131 Å². The number of aromatic nitrogens is 1. The molecular weight excluding hydrogens is 280 g/mol. The molecule has 1 N–H and O–H groups in total. The van der Waals surface area contributed by atoms with Gasteiger partial charge in [-0.3, -0.25) is 4.98 Å². The van der Waals surface area contributed by atoms with Crippen molar-refractivity contribution in [2.45, 2.75) is 19.5 Å². The van der Waals surface area contributed by atoms with Crippen molar-refractivity contribution in [3.8, 4) is 17.2 Å². The van der Waals surface area contributed by atoms with Gasteiger partial charge in [-0.2, -0.15) is 0 Å². The van der Waals surface area contributed by atoms with E-state index in [4.69, 9.17) is 14.2 Å². The van der Waals surface area contributed by atoms with Crippen LogP contribution in [0, 0.1) is 0 Å². The van der Waals surface area contributed by atoms with E-state index in [1.165, 1.54) is 0 Å². The van der Waals surface area contributed by atoms with Gasteiger partial charge in [0.1, 0.15) is 0 Å². The van der Waals surface area contributed by atoms with Gasteiger partial charge in [-0.05, 0) is 36.8 Å². The molecule has 5 heteroatoms. The summed E-state index contributed by atoms with van der Waals surface area (Å²) in [5.41, 5.74) is 2.06. The van der Waals surface area contributed by atoms with Crippen LogP contribution >= 0.6 is 0 Å². The number of ether oxygens (including phenoxy) is 3. The highest BCUT2D eigenvalue weighted by Crippen LogP contribution is 2.38. The third-order valence-corrected chi connectivity index (χ3v) is 3.47. The van der Waals surface area contributed by atoms with Crippen molar-refractivity contribution < 1.29 is 14.2 Å². The van der Waals surface area contributed by atoms with Crippen LogP contribution < -0.4 is 19.5 Å². The van der Waals surface area contributed by atoms with Crippen LogP contribution in [0.2, 0.25) is 0 Å². The van der Waals surface area contributed by atoms with E-state index in [2.05, 4.69) is 17.2 Å². The maximum Gasteiger partial charge on any atom is 0.203 e. The summed E-state index contributed by atoms with van der Waals surface area (Å²) in [6, 6.07) is 9.95. The average molecular weight is 302 g/mol. The summed E-state index contributed by atoms with van der Waals surface area (Å²) >= 11 is 0. The minimum Gasteiger partial charge on any atom is -0.493 e. The maximum absolute atomic E-state index is 5.37. The molecule has 0 saturated carbocycles. The normalized spacial score (nSPS) is 11.8. The van der Waals surface area contributed by atoms with Crippen molar-refractivity contribution in [1.29, 1.82) is 0 Å². The number of methoxy groups -OCH3 is 3. The molecule has 0 radical (unpaired) electrons. The first-order chi connectivity index (χ1) is 10.7. The predicted octanol–water partition coefficient (Wildman–Crippen LogP) is 2.96. The van der Waals surface area contributed by atoms with Crippen LogP contribution in [0.3, 0.4) is 0 Å². The smallest absolute Gasteiger partial charge is 0.203 e. The predicted molar refractivity (Wildman–Crippen MR) is 85.6 cm³/mol.